The van der Waals surface area contributed by atoms with Gasteiger partial charge in [0.1, 0.15) is 0 Å². The van der Waals surface area contributed by atoms with Gasteiger partial charge in [0.15, 0.2) is 0 Å². The number of anilines is 2. The van der Waals surface area contributed by atoms with E-state index in [0.717, 1.165) is 32.4 Å². The Balaban J connectivity index is 0.000000192. The van der Waals surface area contributed by atoms with Crippen molar-refractivity contribution in [3.8, 4) is 0 Å². The van der Waals surface area contributed by atoms with Gasteiger partial charge in [-0.2, -0.15) is 0 Å². The van der Waals surface area contributed by atoms with Crippen LogP contribution in [0.5, 0.6) is 0 Å². The normalized spacial score (nSPS) is 16.2. The molecule has 0 radical (unpaired) electrons. The minimum absolute atomic E-state index is 0.0100. The number of hydrogen-bond donors (Lipinski definition) is 4. The van der Waals surface area contributed by atoms with Crippen LogP contribution in [0.25, 0.3) is 0 Å². The van der Waals surface area contributed by atoms with Gasteiger partial charge in [0, 0.05) is 41.0 Å². The molecule has 0 saturated carbocycles. The van der Waals surface area contributed by atoms with Gasteiger partial charge >= 0.3 is 17.9 Å². The van der Waals surface area contributed by atoms with Crippen LogP contribution in [0.15, 0.2) is 119 Å². The van der Waals surface area contributed by atoms with Crippen molar-refractivity contribution >= 4 is 41.0 Å². The van der Waals surface area contributed by atoms with Gasteiger partial charge in [-0.25, -0.2) is 9.59 Å². The number of para-hydroxylation sites is 2. The van der Waals surface area contributed by atoms with Crippen LogP contribution < -0.4 is 10.2 Å². The lowest BCUT2D eigenvalue weighted by molar-refractivity contribution is -0.137. The van der Waals surface area contributed by atoms with Crippen molar-refractivity contribution in [3.05, 3.63) is 131 Å². The number of aliphatic carboxylic acids is 3. The summed E-state index contributed by atoms with van der Waals surface area (Å²) in [5, 5.41) is 27.9. The molecular formula is C53H71N3O6S. The molecule has 7 rings (SSSR count). The van der Waals surface area contributed by atoms with Crippen molar-refractivity contribution in [1.29, 1.82) is 0 Å². The predicted octanol–water partition coefficient (Wildman–Crippen LogP) is 12.7. The monoisotopic (exact) mass is 878 g/mol. The van der Waals surface area contributed by atoms with E-state index in [4.69, 9.17) is 15.3 Å². The minimum Gasteiger partial charge on any atom is -0.481 e. The minimum atomic E-state index is -1.26. The van der Waals surface area contributed by atoms with Gasteiger partial charge < -0.3 is 25.1 Å². The highest BCUT2D eigenvalue weighted by Gasteiger charge is 2.45. The number of carboxylic acids is 3. The summed E-state index contributed by atoms with van der Waals surface area (Å²) < 4.78 is 0. The molecule has 0 unspecified atom stereocenters. The van der Waals surface area contributed by atoms with E-state index >= 15 is 0 Å². The largest absolute Gasteiger partial charge is 0.481 e. The second-order valence-electron chi connectivity index (χ2n) is 17.0. The van der Waals surface area contributed by atoms with Crippen molar-refractivity contribution < 1.29 is 29.7 Å². The fourth-order valence-electron chi connectivity index (χ4n) is 8.55. The molecule has 9 nitrogen and oxygen atoms in total. The highest BCUT2D eigenvalue weighted by Crippen LogP contribution is 2.49. The van der Waals surface area contributed by atoms with Crippen LogP contribution in [0, 0.1) is 0 Å². The molecule has 2 bridgehead atoms. The third kappa shape index (κ3) is 16.6. The summed E-state index contributed by atoms with van der Waals surface area (Å²) >= 11 is 1.87. The van der Waals surface area contributed by atoms with E-state index in [9.17, 15) is 14.4 Å². The first-order valence-electron chi connectivity index (χ1n) is 23.0. The van der Waals surface area contributed by atoms with Crippen LogP contribution in [0.3, 0.4) is 0 Å². The number of nitrogens with one attached hydrogen (secondary N) is 1. The number of carboxylic acid groups (broad SMARTS) is 3. The number of carbonyl (C=O) groups is 3. The molecule has 0 aliphatic carbocycles. The Labute approximate surface area is 381 Å². The highest BCUT2D eigenvalue weighted by atomic mass is 32.2. The molecule has 3 aliphatic rings. The topological polar surface area (TPSA) is 130 Å². The van der Waals surface area contributed by atoms with E-state index in [0.29, 0.717) is 24.6 Å². The lowest BCUT2D eigenvalue weighted by Crippen LogP contribution is -2.41. The van der Waals surface area contributed by atoms with Crippen LogP contribution in [0.1, 0.15) is 138 Å². The van der Waals surface area contributed by atoms with Gasteiger partial charge in [0.2, 0.25) is 0 Å². The first-order chi connectivity index (χ1) is 30.4. The molecule has 0 amide bonds. The summed E-state index contributed by atoms with van der Waals surface area (Å²) in [5.41, 5.74) is 8.57. The van der Waals surface area contributed by atoms with E-state index in [2.05, 4.69) is 140 Å². The summed E-state index contributed by atoms with van der Waals surface area (Å²) in [5.74, 6) is -3.17. The summed E-state index contributed by atoms with van der Waals surface area (Å²) in [7, 11) is 4.27. The second kappa shape index (κ2) is 27.3. The Bertz CT molecular complexity index is 1980. The quantitative estimate of drug-likeness (QED) is 0.0503. The van der Waals surface area contributed by atoms with Crippen molar-refractivity contribution in [2.75, 3.05) is 32.1 Å². The van der Waals surface area contributed by atoms with Crippen molar-refractivity contribution in [2.45, 2.75) is 138 Å². The third-order valence-electron chi connectivity index (χ3n) is 11.7. The average Bonchev–Trinajstić information content (AvgIpc) is 3.51. The molecule has 4 aromatic carbocycles. The van der Waals surface area contributed by atoms with Crippen molar-refractivity contribution in [1.82, 2.24) is 10.2 Å². The lowest BCUT2D eigenvalue weighted by Gasteiger charge is -2.34. The molecule has 4 N–H and O–H groups in total. The number of rotatable bonds is 20. The van der Waals surface area contributed by atoms with Crippen LogP contribution in [0.2, 0.25) is 0 Å². The average molecular weight is 878 g/mol. The van der Waals surface area contributed by atoms with Gasteiger partial charge in [0.05, 0.1) is 16.9 Å². The van der Waals surface area contributed by atoms with Gasteiger partial charge in [-0.15, -0.1) is 0 Å². The fraction of sp³-hybridized carbons (Fsp3) is 0.453. The number of unbranched alkanes of at least 4 members (excludes halogenated alkanes) is 12. The molecule has 0 fully saturated rings. The van der Waals surface area contributed by atoms with Gasteiger partial charge in [-0.05, 0) is 93.3 Å². The van der Waals surface area contributed by atoms with Gasteiger partial charge in [-0.3, -0.25) is 10.1 Å². The maximum absolute atomic E-state index is 10.3. The Morgan fingerprint density at radius 2 is 1.14 bits per heavy atom. The lowest BCUT2D eigenvalue weighted by atomic mass is 9.82. The van der Waals surface area contributed by atoms with Crippen LogP contribution in [0.4, 0.5) is 11.4 Å². The molecular weight excluding hydrogens is 807 g/mol. The molecule has 3 heterocycles. The first-order valence-corrected chi connectivity index (χ1v) is 23.9. The van der Waals surface area contributed by atoms with Crippen LogP contribution in [-0.4, -0.2) is 65.3 Å². The molecule has 63 heavy (non-hydrogen) atoms. The Hall–Kier alpha value is -4.90. The first kappa shape index (κ1) is 50.7. The Morgan fingerprint density at radius 3 is 1.67 bits per heavy atom. The molecule has 10 heteroatoms. The number of fused-ring (bicyclic) bond motifs is 9. The number of hydrogen-bond acceptors (Lipinski definition) is 7. The smallest absolute Gasteiger partial charge is 0.328 e. The SMILES string of the molecule is CCCCCCCCCCCCCCCC(=O)O.CN(C)CCCN1c2ccccc2Sc2ccccc21.C[C@]12N[C@H](Cc3ccccc31)c1ccccc12.O=C(O)/C=C\C(=O)O. The van der Waals surface area contributed by atoms with Crippen molar-refractivity contribution in [3.63, 3.8) is 0 Å². The van der Waals surface area contributed by atoms with Gasteiger partial charge in [0.25, 0.3) is 0 Å². The Kier molecular flexibility index (Phi) is 22.0. The van der Waals surface area contributed by atoms with Crippen LogP contribution >= 0.6 is 11.8 Å². The molecule has 0 saturated heterocycles. The zero-order valence-electron chi connectivity index (χ0n) is 38.1. The molecule has 3 aliphatic heterocycles. The van der Waals surface area contributed by atoms with E-state index < -0.39 is 17.9 Å². The summed E-state index contributed by atoms with van der Waals surface area (Å²) in [6.45, 7) is 6.75. The molecule has 0 aromatic heterocycles. The molecule has 0 spiro atoms. The molecule has 4 aromatic rings. The second-order valence-corrected chi connectivity index (χ2v) is 18.1. The Morgan fingerprint density at radius 1 is 0.667 bits per heavy atom. The highest BCUT2D eigenvalue weighted by molar-refractivity contribution is 7.99. The van der Waals surface area contributed by atoms with Crippen LogP contribution in [-0.2, 0) is 26.3 Å². The summed E-state index contributed by atoms with van der Waals surface area (Å²) in [4.78, 5) is 36.8. The van der Waals surface area contributed by atoms with Crippen molar-refractivity contribution in [2.24, 2.45) is 0 Å². The molecule has 2 atom stereocenters. The van der Waals surface area contributed by atoms with E-state index in [1.165, 1.54) is 120 Å². The zero-order chi connectivity index (χ0) is 45.5. The third-order valence-corrected chi connectivity index (χ3v) is 12.8. The zero-order valence-corrected chi connectivity index (χ0v) is 38.9. The summed E-state index contributed by atoms with van der Waals surface area (Å²) in [6.07, 6.45) is 20.7. The van der Waals surface area contributed by atoms with Gasteiger partial charge in [-0.1, -0.05) is 169 Å². The maximum atomic E-state index is 10.3. The summed E-state index contributed by atoms with van der Waals surface area (Å²) in [6, 6.07) is 35.6. The standard InChI is InChI=1S/C17H20N2S.C16H15N.C16H32O2.C4H4O4/c1-18(2)12-7-13-19-14-8-3-5-10-16(14)20-17-11-6-4-9-15(17)19;1-16-13-8-4-2-6-11(13)10-15(17-16)12-7-3-5-9-14(12)16;1-2-3-4-5-6-7-8-9-10-11-12-13-14-15-16(17)18;5-3(6)1-2-4(7)8/h3-6,8-11H,7,12-13H2,1-2H3;2-9,15,17H,10H2,1H3;2-15H2,1H3,(H,17,18);1-2H,(H,5,6)(H,7,8)/b;;;2-1-/t;15-,16+;;/m.1../s1. The van der Waals surface area contributed by atoms with E-state index in [1.807, 2.05) is 11.8 Å². The fourth-order valence-corrected chi connectivity index (χ4v) is 9.65. The van der Waals surface area contributed by atoms with E-state index in [-0.39, 0.29) is 5.54 Å². The molecule has 340 valence electrons. The maximum Gasteiger partial charge on any atom is 0.328 e. The number of benzene rings is 4. The predicted molar refractivity (Wildman–Crippen MR) is 258 cm³/mol. The van der Waals surface area contributed by atoms with E-state index in [1.54, 1.807) is 0 Å². The number of nitrogens with zero attached hydrogens (tertiary/aromatic N) is 2.